The highest BCUT2D eigenvalue weighted by Gasteiger charge is 2.10. The van der Waals surface area contributed by atoms with Crippen LogP contribution in [0.4, 0.5) is 11.5 Å². The molecule has 1 amide bonds. The number of nitrogens with zero attached hydrogens (tertiary/aromatic N) is 2. The van der Waals surface area contributed by atoms with Crippen LogP contribution in [0.1, 0.15) is 37.0 Å². The molecule has 2 aromatic rings. The Balaban J connectivity index is 2.07. The van der Waals surface area contributed by atoms with Crippen molar-refractivity contribution in [1.82, 2.24) is 4.98 Å². The first-order valence-electron chi connectivity index (χ1n) is 7.92. The lowest BCUT2D eigenvalue weighted by Crippen LogP contribution is -2.25. The molecule has 0 bridgehead atoms. The molecule has 1 aromatic carbocycles. The number of anilines is 2. The van der Waals surface area contributed by atoms with E-state index in [9.17, 15) is 4.79 Å². The van der Waals surface area contributed by atoms with Gasteiger partial charge in [-0.1, -0.05) is 26.0 Å². The topological polar surface area (TPSA) is 45.2 Å². The second-order valence-electron chi connectivity index (χ2n) is 5.33. The normalized spacial score (nSPS) is 10.4. The number of hydrogen-bond acceptors (Lipinski definition) is 3. The predicted octanol–water partition coefficient (Wildman–Crippen LogP) is 4.72. The van der Waals surface area contributed by atoms with Crippen LogP contribution in [0.5, 0.6) is 0 Å². The third-order valence-corrected chi connectivity index (χ3v) is 4.13. The highest BCUT2D eigenvalue weighted by molar-refractivity contribution is 9.10. The molecule has 0 saturated heterocycles. The third-order valence-electron chi connectivity index (χ3n) is 3.44. The van der Waals surface area contributed by atoms with Crippen molar-refractivity contribution in [3.8, 4) is 0 Å². The second kappa shape index (κ2) is 8.67. The smallest absolute Gasteiger partial charge is 0.256 e. The van der Waals surface area contributed by atoms with Crippen molar-refractivity contribution in [1.29, 1.82) is 0 Å². The molecule has 0 aliphatic rings. The summed E-state index contributed by atoms with van der Waals surface area (Å²) in [6.45, 7) is 6.30. The summed E-state index contributed by atoms with van der Waals surface area (Å²) in [6.07, 6.45) is 3.88. The number of carbonyl (C=O) groups is 1. The van der Waals surface area contributed by atoms with Crippen LogP contribution in [0.25, 0.3) is 0 Å². The molecule has 0 unspecified atom stereocenters. The average Bonchev–Trinajstić information content (AvgIpc) is 2.56. The van der Waals surface area contributed by atoms with Gasteiger partial charge in [-0.3, -0.25) is 4.79 Å². The largest absolute Gasteiger partial charge is 0.357 e. The predicted molar refractivity (Wildman–Crippen MR) is 99.1 cm³/mol. The number of benzene rings is 1. The van der Waals surface area contributed by atoms with E-state index in [2.05, 4.69) is 45.0 Å². The second-order valence-corrected chi connectivity index (χ2v) is 6.18. The van der Waals surface area contributed by atoms with Gasteiger partial charge in [0, 0.05) is 17.6 Å². The van der Waals surface area contributed by atoms with Gasteiger partial charge in [-0.15, -0.1) is 0 Å². The zero-order valence-corrected chi connectivity index (χ0v) is 15.1. The fourth-order valence-electron chi connectivity index (χ4n) is 2.37. The van der Waals surface area contributed by atoms with Crippen molar-refractivity contribution in [2.45, 2.75) is 26.7 Å². The van der Waals surface area contributed by atoms with Gasteiger partial charge in [-0.2, -0.15) is 0 Å². The molecule has 1 aromatic heterocycles. The lowest BCUT2D eigenvalue weighted by Gasteiger charge is -2.22. The van der Waals surface area contributed by atoms with E-state index in [0.29, 0.717) is 11.3 Å². The van der Waals surface area contributed by atoms with Gasteiger partial charge in [0.05, 0.1) is 17.4 Å². The number of carbonyl (C=O) groups excluding carboxylic acids is 1. The van der Waals surface area contributed by atoms with Gasteiger partial charge in [0.2, 0.25) is 0 Å². The summed E-state index contributed by atoms with van der Waals surface area (Å²) >= 11 is 3.39. The SMILES string of the molecule is CCCN(CCC)c1ccc(NC(=O)c2ccccc2Br)cn1. The maximum atomic E-state index is 12.3. The first kappa shape index (κ1) is 17.5. The van der Waals surface area contributed by atoms with Crippen LogP contribution in [-0.2, 0) is 0 Å². The van der Waals surface area contributed by atoms with Gasteiger partial charge in [0.1, 0.15) is 5.82 Å². The molecule has 5 heteroatoms. The first-order chi connectivity index (χ1) is 11.2. The van der Waals surface area contributed by atoms with E-state index >= 15 is 0 Å². The molecule has 0 radical (unpaired) electrons. The Morgan fingerprint density at radius 3 is 2.39 bits per heavy atom. The minimum atomic E-state index is -0.147. The lowest BCUT2D eigenvalue weighted by atomic mass is 10.2. The average molecular weight is 376 g/mol. The quantitative estimate of drug-likeness (QED) is 0.760. The van der Waals surface area contributed by atoms with Crippen molar-refractivity contribution >= 4 is 33.3 Å². The molecule has 0 atom stereocenters. The Hall–Kier alpha value is -1.88. The molecule has 2 rings (SSSR count). The molecule has 0 fully saturated rings. The zero-order chi connectivity index (χ0) is 16.7. The maximum absolute atomic E-state index is 12.3. The zero-order valence-electron chi connectivity index (χ0n) is 13.6. The molecule has 1 heterocycles. The Morgan fingerprint density at radius 2 is 1.83 bits per heavy atom. The van der Waals surface area contributed by atoms with E-state index in [1.54, 1.807) is 12.3 Å². The summed E-state index contributed by atoms with van der Waals surface area (Å²) in [4.78, 5) is 19.0. The molecule has 1 N–H and O–H groups in total. The van der Waals surface area contributed by atoms with Crippen LogP contribution in [0.3, 0.4) is 0 Å². The standard InChI is InChI=1S/C18H22BrN3O/c1-3-11-22(12-4-2)17-10-9-14(13-20-17)21-18(23)15-7-5-6-8-16(15)19/h5-10,13H,3-4,11-12H2,1-2H3,(H,21,23). The van der Waals surface area contributed by atoms with E-state index < -0.39 is 0 Å². The number of pyridine rings is 1. The van der Waals surface area contributed by atoms with Crippen molar-refractivity contribution in [2.75, 3.05) is 23.3 Å². The van der Waals surface area contributed by atoms with Gasteiger partial charge in [-0.25, -0.2) is 4.98 Å². The highest BCUT2D eigenvalue weighted by atomic mass is 79.9. The lowest BCUT2D eigenvalue weighted by molar-refractivity contribution is 0.102. The van der Waals surface area contributed by atoms with Crippen molar-refractivity contribution < 1.29 is 4.79 Å². The molecule has 4 nitrogen and oxygen atoms in total. The van der Waals surface area contributed by atoms with Crippen LogP contribution in [0.2, 0.25) is 0 Å². The molecule has 0 aliphatic carbocycles. The summed E-state index contributed by atoms with van der Waals surface area (Å²) in [5.74, 6) is 0.804. The maximum Gasteiger partial charge on any atom is 0.256 e. The number of hydrogen-bond donors (Lipinski definition) is 1. The van der Waals surface area contributed by atoms with Crippen LogP contribution >= 0.6 is 15.9 Å². The van der Waals surface area contributed by atoms with E-state index in [4.69, 9.17) is 0 Å². The van der Waals surface area contributed by atoms with E-state index in [1.807, 2.05) is 30.3 Å². The van der Waals surface area contributed by atoms with Crippen LogP contribution in [0.15, 0.2) is 47.1 Å². The van der Waals surface area contributed by atoms with Crippen molar-refractivity contribution in [3.63, 3.8) is 0 Å². The molecular formula is C18H22BrN3O. The Bertz CT molecular complexity index is 637. The molecular weight excluding hydrogens is 354 g/mol. The van der Waals surface area contributed by atoms with Crippen LogP contribution in [0, 0.1) is 0 Å². The first-order valence-corrected chi connectivity index (χ1v) is 8.71. The summed E-state index contributed by atoms with van der Waals surface area (Å²) in [7, 11) is 0. The fraction of sp³-hybridized carbons (Fsp3) is 0.333. The minimum Gasteiger partial charge on any atom is -0.357 e. The Kier molecular flexibility index (Phi) is 6.59. The molecule has 0 aliphatic heterocycles. The van der Waals surface area contributed by atoms with Crippen LogP contribution < -0.4 is 10.2 Å². The van der Waals surface area contributed by atoms with E-state index in [0.717, 1.165) is 36.2 Å². The summed E-state index contributed by atoms with van der Waals surface area (Å²) < 4.78 is 0.777. The number of rotatable bonds is 7. The minimum absolute atomic E-state index is 0.147. The van der Waals surface area contributed by atoms with Gasteiger partial charge in [-0.05, 0) is 53.0 Å². The molecule has 0 saturated carbocycles. The fourth-order valence-corrected chi connectivity index (χ4v) is 2.84. The number of amides is 1. The van der Waals surface area contributed by atoms with Gasteiger partial charge >= 0.3 is 0 Å². The molecule has 23 heavy (non-hydrogen) atoms. The van der Waals surface area contributed by atoms with E-state index in [-0.39, 0.29) is 5.91 Å². The number of nitrogens with one attached hydrogen (secondary N) is 1. The van der Waals surface area contributed by atoms with Crippen molar-refractivity contribution in [2.24, 2.45) is 0 Å². The molecule has 0 spiro atoms. The summed E-state index contributed by atoms with van der Waals surface area (Å²) in [5, 5.41) is 2.88. The highest BCUT2D eigenvalue weighted by Crippen LogP contribution is 2.19. The Labute approximate surface area is 146 Å². The monoisotopic (exact) mass is 375 g/mol. The Morgan fingerprint density at radius 1 is 1.13 bits per heavy atom. The van der Waals surface area contributed by atoms with E-state index in [1.165, 1.54) is 0 Å². The van der Waals surface area contributed by atoms with Gasteiger partial charge < -0.3 is 10.2 Å². The molecule has 122 valence electrons. The van der Waals surface area contributed by atoms with Gasteiger partial charge in [0.15, 0.2) is 0 Å². The summed E-state index contributed by atoms with van der Waals surface area (Å²) in [6, 6.07) is 11.2. The van der Waals surface area contributed by atoms with Crippen molar-refractivity contribution in [3.05, 3.63) is 52.6 Å². The van der Waals surface area contributed by atoms with Gasteiger partial charge in [0.25, 0.3) is 5.91 Å². The summed E-state index contributed by atoms with van der Waals surface area (Å²) in [5.41, 5.74) is 1.30. The third kappa shape index (κ3) is 4.79. The number of aromatic nitrogens is 1. The number of halogens is 1. The van der Waals surface area contributed by atoms with Crippen LogP contribution in [-0.4, -0.2) is 24.0 Å².